The molecular weight excluding hydrogens is 702 g/mol. The third kappa shape index (κ3) is 7.93. The normalized spacial score (nSPS) is 30.1. The molecule has 1 spiro atoms. The maximum atomic E-state index is 12.4. The number of likely N-dealkylation sites (tertiary alicyclic amines) is 1. The van der Waals surface area contributed by atoms with E-state index in [9.17, 15) is 13.6 Å². The topological polar surface area (TPSA) is 124 Å². The van der Waals surface area contributed by atoms with Crippen molar-refractivity contribution in [3.63, 3.8) is 0 Å². The van der Waals surface area contributed by atoms with Gasteiger partial charge in [0.15, 0.2) is 17.4 Å². The zero-order valence-electron chi connectivity index (χ0n) is 30.8. The predicted octanol–water partition coefficient (Wildman–Crippen LogP) is 6.04. The number of hydrogen-bond acceptors (Lipinski definition) is 8. The first-order valence-electron chi connectivity index (χ1n) is 19.3. The summed E-state index contributed by atoms with van der Waals surface area (Å²) in [7, 11) is 1.77. The van der Waals surface area contributed by atoms with Gasteiger partial charge in [0.2, 0.25) is 5.91 Å². The number of aryl methyl sites for hydroxylation is 1. The van der Waals surface area contributed by atoms with Crippen LogP contribution in [0.15, 0.2) is 36.4 Å². The van der Waals surface area contributed by atoms with E-state index in [0.29, 0.717) is 37.2 Å². The van der Waals surface area contributed by atoms with Gasteiger partial charge in [0.1, 0.15) is 5.75 Å². The third-order valence-electron chi connectivity index (χ3n) is 13.1. The Morgan fingerprint density at radius 2 is 1.92 bits per heavy atom. The minimum atomic E-state index is -1.83. The van der Waals surface area contributed by atoms with Gasteiger partial charge in [-0.15, -0.1) is 0 Å². The van der Waals surface area contributed by atoms with E-state index in [1.54, 1.807) is 13.2 Å². The molecule has 1 amide bonds. The molecule has 3 aliphatic heterocycles. The Morgan fingerprint density at radius 3 is 2.62 bits per heavy atom. The van der Waals surface area contributed by atoms with Gasteiger partial charge in [-0.1, -0.05) is 31.0 Å². The second-order valence-electron chi connectivity index (χ2n) is 16.2. The van der Waals surface area contributed by atoms with Crippen molar-refractivity contribution in [2.24, 2.45) is 29.4 Å². The molecule has 7 rings (SSSR count). The lowest BCUT2D eigenvalue weighted by Gasteiger charge is -2.50. The largest absolute Gasteiger partial charge is 0.490 e. The number of methoxy groups -OCH3 is 1. The third-order valence-corrected chi connectivity index (χ3v) is 14.4. The molecule has 0 aromatic heterocycles. The lowest BCUT2D eigenvalue weighted by atomic mass is 9.64. The van der Waals surface area contributed by atoms with Crippen molar-refractivity contribution in [2.45, 2.75) is 94.3 Å². The molecule has 52 heavy (non-hydrogen) atoms. The maximum Gasteiger partial charge on any atom is 0.248 e. The van der Waals surface area contributed by atoms with E-state index in [0.717, 1.165) is 94.0 Å². The number of nitrogens with zero attached hydrogens (tertiary/aromatic N) is 2. The number of fused-ring (bicyclic) bond motifs is 3. The monoisotopic (exact) mass is 757 g/mol. The van der Waals surface area contributed by atoms with Crippen LogP contribution in [0.2, 0.25) is 5.02 Å². The Balaban J connectivity index is 1.12. The SMILES string of the molecule is COC1CN(C2COC([C@H](CCC[C@H](C)[C@@H](C)S(=O)O)[C@@H]3CC[C@H]3CN3C[C@@]4(CCCc5cc(Cl)ccc54)COc4ccc(C(N)=O)cc43)OC2)C1. The highest BCUT2D eigenvalue weighted by atomic mass is 35.5. The second kappa shape index (κ2) is 16.2. The van der Waals surface area contributed by atoms with Crippen molar-refractivity contribution in [3.8, 4) is 5.75 Å². The number of ether oxygens (including phenoxy) is 4. The number of amides is 1. The molecule has 3 heterocycles. The standard InChI is InChI=1S/C40H56ClN3O7S/c1-25(26(2)52(46)47)6-4-8-34(39-49-21-31(22-50-39)43-19-32(20-43)48-3)33-12-9-29(33)18-44-23-40(15-5-7-27-16-30(41)11-13-35(27)40)24-51-37-14-10-28(38(42)45)17-36(37)44/h10-11,13-14,16-17,25-26,29,31-34,39H,4-9,12,15,18-24H2,1-3H3,(H2,42,45)(H,46,47)/t25-,26+,29-,31?,33+,34+,39?,40-/m0/s1. The van der Waals surface area contributed by atoms with Gasteiger partial charge >= 0.3 is 0 Å². The van der Waals surface area contributed by atoms with Gasteiger partial charge in [-0.05, 0) is 111 Å². The molecule has 0 radical (unpaired) electrons. The minimum Gasteiger partial charge on any atom is -0.490 e. The van der Waals surface area contributed by atoms with Crippen LogP contribution in [-0.4, -0.2) is 96.4 Å². The lowest BCUT2D eigenvalue weighted by Crippen LogP contribution is -2.61. The average molecular weight is 758 g/mol. The molecular formula is C40H56ClN3O7S. The number of benzene rings is 2. The zero-order chi connectivity index (χ0) is 36.6. The quantitative estimate of drug-likeness (QED) is 0.236. The minimum absolute atomic E-state index is 0.138. The smallest absolute Gasteiger partial charge is 0.248 e. The zero-order valence-corrected chi connectivity index (χ0v) is 32.4. The highest BCUT2D eigenvalue weighted by molar-refractivity contribution is 7.79. The number of nitrogens with two attached hydrogens (primary N) is 1. The molecule has 5 aliphatic rings. The first kappa shape index (κ1) is 38.0. The van der Waals surface area contributed by atoms with Gasteiger partial charge < -0.3 is 34.1 Å². The molecule has 0 bridgehead atoms. The van der Waals surface area contributed by atoms with E-state index in [1.807, 2.05) is 25.1 Å². The molecule has 3 fully saturated rings. The number of primary amides is 1. The Labute approximate surface area is 316 Å². The fourth-order valence-corrected chi connectivity index (χ4v) is 10.2. The van der Waals surface area contributed by atoms with Gasteiger partial charge in [-0.2, -0.15) is 0 Å². The van der Waals surface area contributed by atoms with E-state index < -0.39 is 17.0 Å². The highest BCUT2D eigenvalue weighted by Gasteiger charge is 2.47. The summed E-state index contributed by atoms with van der Waals surface area (Å²) >= 11 is 4.65. The average Bonchev–Trinajstić information content (AvgIpc) is 3.25. The predicted molar refractivity (Wildman–Crippen MR) is 204 cm³/mol. The van der Waals surface area contributed by atoms with Crippen molar-refractivity contribution in [1.82, 2.24) is 4.90 Å². The molecule has 7 atom stereocenters. The fourth-order valence-electron chi connectivity index (χ4n) is 9.48. The molecule has 12 heteroatoms. The van der Waals surface area contributed by atoms with Crippen molar-refractivity contribution >= 4 is 34.3 Å². The highest BCUT2D eigenvalue weighted by Crippen LogP contribution is 2.49. The summed E-state index contributed by atoms with van der Waals surface area (Å²) in [5.74, 6) is 1.46. The van der Waals surface area contributed by atoms with Crippen LogP contribution in [0.4, 0.5) is 5.69 Å². The van der Waals surface area contributed by atoms with Crippen LogP contribution in [0.1, 0.15) is 80.3 Å². The summed E-state index contributed by atoms with van der Waals surface area (Å²) in [4.78, 5) is 17.3. The Bertz CT molecular complexity index is 1600. The second-order valence-corrected chi connectivity index (χ2v) is 17.9. The van der Waals surface area contributed by atoms with Crippen molar-refractivity contribution in [3.05, 3.63) is 58.1 Å². The number of rotatable bonds is 13. The summed E-state index contributed by atoms with van der Waals surface area (Å²) in [6, 6.07) is 12.1. The summed E-state index contributed by atoms with van der Waals surface area (Å²) in [5, 5.41) is 0.491. The summed E-state index contributed by atoms with van der Waals surface area (Å²) in [6.45, 7) is 9.19. The molecule has 10 nitrogen and oxygen atoms in total. The summed E-state index contributed by atoms with van der Waals surface area (Å²) in [6.07, 6.45) is 8.01. The molecule has 2 aromatic carbocycles. The van der Waals surface area contributed by atoms with E-state index in [1.165, 1.54) is 11.1 Å². The lowest BCUT2D eigenvalue weighted by molar-refractivity contribution is -0.251. The van der Waals surface area contributed by atoms with Crippen molar-refractivity contribution < 1.29 is 32.5 Å². The molecule has 1 saturated carbocycles. The molecule has 3 N–H and O–H groups in total. The molecule has 1 unspecified atom stereocenters. The van der Waals surface area contributed by atoms with Gasteiger partial charge in [-0.3, -0.25) is 9.69 Å². The number of carbonyl (C=O) groups excluding carboxylic acids is 1. The van der Waals surface area contributed by atoms with Gasteiger partial charge in [-0.25, -0.2) is 4.21 Å². The van der Waals surface area contributed by atoms with Crippen molar-refractivity contribution in [2.75, 3.05) is 58.0 Å². The van der Waals surface area contributed by atoms with Crippen molar-refractivity contribution in [1.29, 1.82) is 0 Å². The van der Waals surface area contributed by atoms with Gasteiger partial charge in [0.05, 0.1) is 42.9 Å². The summed E-state index contributed by atoms with van der Waals surface area (Å²) in [5.41, 5.74) is 9.60. The molecule has 286 valence electrons. The fraction of sp³-hybridized carbons (Fsp3) is 0.675. The van der Waals surface area contributed by atoms with Crippen LogP contribution in [-0.2, 0) is 37.1 Å². The van der Waals surface area contributed by atoms with Crippen LogP contribution >= 0.6 is 11.6 Å². The molecule has 2 aliphatic carbocycles. The van der Waals surface area contributed by atoms with E-state index in [-0.39, 0.29) is 40.9 Å². The number of halogens is 1. The Hall–Kier alpha value is -2.25. The van der Waals surface area contributed by atoms with Crippen LogP contribution < -0.4 is 15.4 Å². The van der Waals surface area contributed by atoms with Gasteiger partial charge in [0.25, 0.3) is 0 Å². The van der Waals surface area contributed by atoms with Crippen LogP contribution in [0.3, 0.4) is 0 Å². The first-order valence-corrected chi connectivity index (χ1v) is 20.8. The maximum absolute atomic E-state index is 12.4. The summed E-state index contributed by atoms with van der Waals surface area (Å²) < 4.78 is 46.9. The first-order chi connectivity index (χ1) is 25.0. The number of hydrogen-bond donors (Lipinski definition) is 2. The van der Waals surface area contributed by atoms with E-state index in [4.69, 9.17) is 36.3 Å². The number of anilines is 1. The van der Waals surface area contributed by atoms with Crippen LogP contribution in [0.25, 0.3) is 0 Å². The van der Waals surface area contributed by atoms with Gasteiger partial charge in [0, 0.05) is 55.2 Å². The van der Waals surface area contributed by atoms with Crippen LogP contribution in [0.5, 0.6) is 5.75 Å². The molecule has 2 saturated heterocycles. The Kier molecular flexibility index (Phi) is 11.9. The van der Waals surface area contributed by atoms with Crippen LogP contribution in [0, 0.1) is 23.7 Å². The van der Waals surface area contributed by atoms with E-state index in [2.05, 4.69) is 28.9 Å². The molecule has 2 aromatic rings. The Morgan fingerprint density at radius 1 is 1.13 bits per heavy atom. The number of carbonyl (C=O) groups is 1. The van der Waals surface area contributed by atoms with E-state index >= 15 is 0 Å².